The number of ether oxygens (including phenoxy) is 3. The highest BCUT2D eigenvalue weighted by molar-refractivity contribution is 14.1. The lowest BCUT2D eigenvalue weighted by atomic mass is 9.90. The number of halogens is 1. The molecule has 2 heterocycles. The first kappa shape index (κ1) is 26.9. The van der Waals surface area contributed by atoms with Crippen LogP contribution in [0.5, 0.6) is 17.2 Å². The van der Waals surface area contributed by atoms with E-state index in [1.807, 2.05) is 59.0 Å². The third-order valence-electron chi connectivity index (χ3n) is 6.51. The van der Waals surface area contributed by atoms with Crippen LogP contribution in [-0.2, 0) is 9.53 Å². The van der Waals surface area contributed by atoms with Crippen molar-refractivity contribution in [3.63, 3.8) is 0 Å². The standard InChI is InChI=1S/C29H25IN2O6S/c1-5-38-28(35)23-15(2)31-29-32(25(23)24-18-9-7-6-8-17(18)10-11-20(24)36-3)27(34)22(39-29)14-16-12-19(30)26(33)21(13-16)37-4/h6-14,25,33H,5H2,1-4H3/b22-14+/t25-/m1/s1. The normalized spacial score (nSPS) is 15.2. The molecule has 0 amide bonds. The van der Waals surface area contributed by atoms with E-state index in [1.165, 1.54) is 18.4 Å². The number of carbonyl (C=O) groups is 1. The van der Waals surface area contributed by atoms with Crippen LogP contribution in [0.15, 0.2) is 69.6 Å². The second-order valence-corrected chi connectivity index (χ2v) is 10.9. The Morgan fingerprint density at radius 1 is 1.15 bits per heavy atom. The predicted molar refractivity (Wildman–Crippen MR) is 158 cm³/mol. The molecule has 1 aliphatic rings. The number of benzene rings is 3. The van der Waals surface area contributed by atoms with Crippen LogP contribution in [0.1, 0.15) is 31.0 Å². The van der Waals surface area contributed by atoms with E-state index in [-0.39, 0.29) is 23.5 Å². The van der Waals surface area contributed by atoms with E-state index < -0.39 is 12.0 Å². The zero-order valence-corrected chi connectivity index (χ0v) is 24.6. The number of fused-ring (bicyclic) bond motifs is 2. The largest absolute Gasteiger partial charge is 0.504 e. The first-order chi connectivity index (χ1) is 18.8. The Hall–Kier alpha value is -3.64. The number of aromatic hydroxyl groups is 1. The molecule has 10 heteroatoms. The van der Waals surface area contributed by atoms with Gasteiger partial charge >= 0.3 is 5.97 Å². The fourth-order valence-electron chi connectivity index (χ4n) is 4.78. The predicted octanol–water partition coefficient (Wildman–Crippen LogP) is 4.28. The zero-order valence-electron chi connectivity index (χ0n) is 21.6. The topological polar surface area (TPSA) is 99.4 Å². The maximum absolute atomic E-state index is 14.1. The number of nitrogens with zero attached hydrogens (tertiary/aromatic N) is 2. The Morgan fingerprint density at radius 3 is 2.62 bits per heavy atom. The van der Waals surface area contributed by atoms with Gasteiger partial charge in [0.25, 0.3) is 5.56 Å². The molecule has 0 aliphatic carbocycles. The molecule has 0 radical (unpaired) electrons. The quantitative estimate of drug-likeness (QED) is 0.246. The lowest BCUT2D eigenvalue weighted by Crippen LogP contribution is -2.40. The number of aromatic nitrogens is 1. The molecule has 5 rings (SSSR count). The number of allylic oxidation sites excluding steroid dienone is 1. The summed E-state index contributed by atoms with van der Waals surface area (Å²) in [5.41, 5.74) is 1.81. The third kappa shape index (κ3) is 4.71. The van der Waals surface area contributed by atoms with Gasteiger partial charge in [0.15, 0.2) is 16.3 Å². The van der Waals surface area contributed by atoms with Gasteiger partial charge in [0, 0.05) is 5.56 Å². The number of hydrogen-bond donors (Lipinski definition) is 1. The maximum atomic E-state index is 14.1. The van der Waals surface area contributed by atoms with Crippen LogP contribution in [0.4, 0.5) is 0 Å². The highest BCUT2D eigenvalue weighted by atomic mass is 127. The first-order valence-corrected chi connectivity index (χ1v) is 14.0. The monoisotopic (exact) mass is 656 g/mol. The second kappa shape index (κ2) is 10.9. The van der Waals surface area contributed by atoms with Crippen molar-refractivity contribution in [1.29, 1.82) is 0 Å². The molecule has 4 aromatic rings. The molecule has 39 heavy (non-hydrogen) atoms. The molecule has 0 saturated carbocycles. The SMILES string of the molecule is CCOC(=O)C1=C(C)N=c2s/c(=C/c3cc(I)c(O)c(OC)c3)c(=O)n2[C@H]1c1c(OC)ccc2ccccc12. The molecule has 0 bridgehead atoms. The zero-order chi connectivity index (χ0) is 27.8. The summed E-state index contributed by atoms with van der Waals surface area (Å²) in [6.45, 7) is 3.67. The van der Waals surface area contributed by atoms with Gasteiger partial charge in [-0.05, 0) is 77.0 Å². The van der Waals surface area contributed by atoms with E-state index >= 15 is 0 Å². The molecular weight excluding hydrogens is 631 g/mol. The van der Waals surface area contributed by atoms with Gasteiger partial charge in [0.1, 0.15) is 11.8 Å². The number of thiazole rings is 1. The van der Waals surface area contributed by atoms with E-state index in [2.05, 4.69) is 4.99 Å². The van der Waals surface area contributed by atoms with Crippen LogP contribution < -0.4 is 24.4 Å². The van der Waals surface area contributed by atoms with Gasteiger partial charge in [0.05, 0.1) is 40.2 Å². The fraction of sp³-hybridized carbons (Fsp3) is 0.207. The number of carbonyl (C=O) groups excluding carboxylic acids is 1. The van der Waals surface area contributed by atoms with E-state index in [0.29, 0.717) is 41.2 Å². The minimum absolute atomic E-state index is 0.0365. The van der Waals surface area contributed by atoms with E-state index in [1.54, 1.807) is 43.7 Å². The fourth-order valence-corrected chi connectivity index (χ4v) is 6.46. The van der Waals surface area contributed by atoms with Crippen molar-refractivity contribution < 1.29 is 24.1 Å². The van der Waals surface area contributed by atoms with Crippen LogP contribution in [0.2, 0.25) is 0 Å². The van der Waals surface area contributed by atoms with E-state index in [0.717, 1.165) is 10.8 Å². The maximum Gasteiger partial charge on any atom is 0.338 e. The van der Waals surface area contributed by atoms with E-state index in [4.69, 9.17) is 14.2 Å². The van der Waals surface area contributed by atoms with Crippen molar-refractivity contribution in [3.8, 4) is 17.2 Å². The average Bonchev–Trinajstić information content (AvgIpc) is 3.23. The van der Waals surface area contributed by atoms with Crippen molar-refractivity contribution in [2.24, 2.45) is 4.99 Å². The van der Waals surface area contributed by atoms with Gasteiger partial charge in [-0.1, -0.05) is 41.7 Å². The van der Waals surface area contributed by atoms with Gasteiger partial charge in [-0.3, -0.25) is 9.36 Å². The Bertz CT molecular complexity index is 1840. The van der Waals surface area contributed by atoms with Crippen molar-refractivity contribution in [2.75, 3.05) is 20.8 Å². The molecule has 8 nitrogen and oxygen atoms in total. The van der Waals surface area contributed by atoms with Gasteiger partial charge < -0.3 is 19.3 Å². The molecular formula is C29H25IN2O6S. The Labute approximate surface area is 241 Å². The van der Waals surface area contributed by atoms with Crippen molar-refractivity contribution >= 4 is 56.7 Å². The van der Waals surface area contributed by atoms with Gasteiger partial charge in [-0.15, -0.1) is 0 Å². The summed E-state index contributed by atoms with van der Waals surface area (Å²) >= 11 is 3.24. The Kier molecular flexibility index (Phi) is 7.50. The lowest BCUT2D eigenvalue weighted by Gasteiger charge is -2.27. The summed E-state index contributed by atoms with van der Waals surface area (Å²) in [6.07, 6.45) is 1.73. The minimum Gasteiger partial charge on any atom is -0.504 e. The Morgan fingerprint density at radius 2 is 1.90 bits per heavy atom. The molecule has 3 aromatic carbocycles. The average molecular weight is 656 g/mol. The summed E-state index contributed by atoms with van der Waals surface area (Å²) < 4.78 is 19.1. The summed E-state index contributed by atoms with van der Waals surface area (Å²) in [5.74, 6) is 0.350. The minimum atomic E-state index is -0.821. The smallest absolute Gasteiger partial charge is 0.338 e. The molecule has 0 fully saturated rings. The first-order valence-electron chi connectivity index (χ1n) is 12.1. The van der Waals surface area contributed by atoms with Crippen LogP contribution in [0.3, 0.4) is 0 Å². The summed E-state index contributed by atoms with van der Waals surface area (Å²) in [5, 5.41) is 12.0. The number of rotatable bonds is 6. The van der Waals surface area contributed by atoms with Gasteiger partial charge in [-0.2, -0.15) is 0 Å². The van der Waals surface area contributed by atoms with Crippen molar-refractivity contribution in [3.05, 3.63) is 94.2 Å². The number of phenolic OH excluding ortho intramolecular Hbond substituents is 1. The molecule has 1 aliphatic heterocycles. The van der Waals surface area contributed by atoms with Crippen LogP contribution in [0, 0.1) is 3.57 Å². The summed E-state index contributed by atoms with van der Waals surface area (Å²) in [6, 6.07) is 14.2. The number of phenols is 1. The van der Waals surface area contributed by atoms with Gasteiger partial charge in [0.2, 0.25) is 0 Å². The molecule has 1 atom stereocenters. The number of esters is 1. The molecule has 1 aromatic heterocycles. The number of methoxy groups -OCH3 is 2. The third-order valence-corrected chi connectivity index (χ3v) is 8.31. The van der Waals surface area contributed by atoms with Crippen molar-refractivity contribution in [1.82, 2.24) is 4.57 Å². The van der Waals surface area contributed by atoms with Crippen LogP contribution in [-0.4, -0.2) is 36.5 Å². The van der Waals surface area contributed by atoms with Crippen molar-refractivity contribution in [2.45, 2.75) is 19.9 Å². The summed E-state index contributed by atoms with van der Waals surface area (Å²) in [4.78, 5) is 32.5. The molecule has 0 saturated heterocycles. The summed E-state index contributed by atoms with van der Waals surface area (Å²) in [7, 11) is 3.04. The molecule has 0 spiro atoms. The van der Waals surface area contributed by atoms with E-state index in [9.17, 15) is 14.7 Å². The molecule has 200 valence electrons. The highest BCUT2D eigenvalue weighted by Crippen LogP contribution is 2.40. The highest BCUT2D eigenvalue weighted by Gasteiger charge is 2.36. The van der Waals surface area contributed by atoms with Crippen LogP contribution in [0.25, 0.3) is 16.8 Å². The lowest BCUT2D eigenvalue weighted by molar-refractivity contribution is -0.139. The molecule has 1 N–H and O–H groups in total. The van der Waals surface area contributed by atoms with Gasteiger partial charge in [-0.25, -0.2) is 9.79 Å². The molecule has 0 unspecified atom stereocenters. The second-order valence-electron chi connectivity index (χ2n) is 8.76. The van der Waals surface area contributed by atoms with Crippen LogP contribution >= 0.6 is 33.9 Å². The number of hydrogen-bond acceptors (Lipinski definition) is 8. The Balaban J connectivity index is 1.83.